The van der Waals surface area contributed by atoms with E-state index in [9.17, 15) is 0 Å². The van der Waals surface area contributed by atoms with Gasteiger partial charge in [0.15, 0.2) is 0 Å². The fourth-order valence-electron chi connectivity index (χ4n) is 0.382. The van der Waals surface area contributed by atoms with E-state index >= 15 is 0 Å². The van der Waals surface area contributed by atoms with Crippen molar-refractivity contribution in [3.05, 3.63) is 23.7 Å². The highest BCUT2D eigenvalue weighted by Crippen LogP contribution is 1.90. The van der Waals surface area contributed by atoms with E-state index in [1.165, 1.54) is 0 Å². The SMILES string of the molecule is [2H]c1nc(CN)nc([2H])c1C([2H])([2H])[2H]. The maximum Gasteiger partial charge on any atom is 0.141 e. The van der Waals surface area contributed by atoms with Gasteiger partial charge in [0.1, 0.15) is 5.82 Å². The van der Waals surface area contributed by atoms with Crippen LogP contribution in [0.1, 0.15) is 18.2 Å². The first kappa shape index (κ1) is 2.34. The van der Waals surface area contributed by atoms with Crippen molar-refractivity contribution < 1.29 is 6.85 Å². The Morgan fingerprint density at radius 1 is 1.78 bits per heavy atom. The second-order valence-electron chi connectivity index (χ2n) is 1.44. The normalized spacial score (nSPS) is 19.0. The molecule has 0 saturated heterocycles. The maximum absolute atomic E-state index is 7.32. The highest BCUT2D eigenvalue weighted by Gasteiger charge is 1.88. The highest BCUT2D eigenvalue weighted by atomic mass is 14.9. The van der Waals surface area contributed by atoms with Crippen molar-refractivity contribution in [1.82, 2.24) is 9.97 Å². The first-order valence-electron chi connectivity index (χ1n) is 4.91. The molecule has 1 aromatic rings. The van der Waals surface area contributed by atoms with Gasteiger partial charge in [0, 0.05) is 16.5 Å². The minimum atomic E-state index is -2.53. The molecule has 0 aromatic carbocycles. The zero-order chi connectivity index (χ0) is 10.9. The van der Waals surface area contributed by atoms with Gasteiger partial charge >= 0.3 is 0 Å². The summed E-state index contributed by atoms with van der Waals surface area (Å²) in [6.45, 7) is -2.54. The van der Waals surface area contributed by atoms with E-state index in [2.05, 4.69) is 9.97 Å². The van der Waals surface area contributed by atoms with Gasteiger partial charge in [0.05, 0.1) is 9.29 Å². The van der Waals surface area contributed by atoms with Gasteiger partial charge in [-0.05, 0) is 12.4 Å². The number of hydrogen-bond acceptors (Lipinski definition) is 3. The van der Waals surface area contributed by atoms with E-state index in [4.69, 9.17) is 12.6 Å². The summed E-state index contributed by atoms with van der Waals surface area (Å²) in [5.41, 5.74) is 4.78. The molecule has 2 N–H and O–H groups in total. The van der Waals surface area contributed by atoms with Crippen LogP contribution in [0.25, 0.3) is 0 Å². The monoisotopic (exact) mass is 128 g/mol. The molecule has 0 amide bonds. The molecule has 0 bridgehead atoms. The van der Waals surface area contributed by atoms with Crippen molar-refractivity contribution in [2.75, 3.05) is 0 Å². The van der Waals surface area contributed by atoms with Gasteiger partial charge in [0.25, 0.3) is 0 Å². The van der Waals surface area contributed by atoms with Gasteiger partial charge < -0.3 is 5.73 Å². The average molecular weight is 128 g/mol. The summed E-state index contributed by atoms with van der Waals surface area (Å²) >= 11 is 0. The number of rotatable bonds is 1. The topological polar surface area (TPSA) is 51.8 Å². The summed E-state index contributed by atoms with van der Waals surface area (Å²) in [4.78, 5) is 7.14. The minimum Gasteiger partial charge on any atom is -0.324 e. The lowest BCUT2D eigenvalue weighted by atomic mass is 10.4. The molecule has 0 aliphatic rings. The zero-order valence-corrected chi connectivity index (χ0v) is 4.68. The van der Waals surface area contributed by atoms with E-state index in [1.54, 1.807) is 0 Å². The van der Waals surface area contributed by atoms with Crippen LogP contribution in [0.2, 0.25) is 0 Å². The molecule has 9 heavy (non-hydrogen) atoms. The van der Waals surface area contributed by atoms with Crippen LogP contribution >= 0.6 is 0 Å². The Bertz CT molecular complexity index is 325. The molecular weight excluding hydrogens is 114 g/mol. The third kappa shape index (κ3) is 1.47. The Balaban J connectivity index is 3.33. The molecular formula is C6H9N3. The molecule has 0 saturated carbocycles. The van der Waals surface area contributed by atoms with Crippen LogP contribution in [-0.2, 0) is 6.54 Å². The van der Waals surface area contributed by atoms with Crippen molar-refractivity contribution in [3.63, 3.8) is 0 Å². The Kier molecular flexibility index (Phi) is 0.663. The number of aromatic nitrogens is 2. The summed E-state index contributed by atoms with van der Waals surface area (Å²) in [7, 11) is 0. The first-order chi connectivity index (χ1) is 6.36. The molecule has 0 spiro atoms. The quantitative estimate of drug-likeness (QED) is 0.589. The average Bonchev–Trinajstić information content (AvgIpc) is 1.99. The smallest absolute Gasteiger partial charge is 0.141 e. The first-order valence-corrected chi connectivity index (χ1v) is 2.41. The minimum absolute atomic E-state index is 0.0148. The van der Waals surface area contributed by atoms with Crippen LogP contribution in [0.3, 0.4) is 0 Å². The molecule has 0 unspecified atom stereocenters. The summed E-state index contributed by atoms with van der Waals surface area (Å²) in [5, 5.41) is 0. The van der Waals surface area contributed by atoms with Crippen molar-refractivity contribution in [2.45, 2.75) is 13.4 Å². The largest absolute Gasteiger partial charge is 0.324 e. The van der Waals surface area contributed by atoms with Crippen LogP contribution in [0, 0.1) is 6.85 Å². The van der Waals surface area contributed by atoms with Crippen LogP contribution in [0.5, 0.6) is 0 Å². The molecule has 0 radical (unpaired) electrons. The lowest BCUT2D eigenvalue weighted by Crippen LogP contribution is -2.01. The van der Waals surface area contributed by atoms with Crippen molar-refractivity contribution in [1.29, 1.82) is 0 Å². The van der Waals surface area contributed by atoms with Crippen LogP contribution in [0.15, 0.2) is 12.3 Å². The van der Waals surface area contributed by atoms with E-state index < -0.39 is 24.8 Å². The molecule has 1 rings (SSSR count). The fourth-order valence-corrected chi connectivity index (χ4v) is 0.382. The van der Waals surface area contributed by atoms with Gasteiger partial charge in [0.2, 0.25) is 0 Å². The van der Waals surface area contributed by atoms with Gasteiger partial charge in [-0.3, -0.25) is 0 Å². The summed E-state index contributed by atoms with van der Waals surface area (Å²) in [6.07, 6.45) is -0.907. The second-order valence-corrected chi connectivity index (χ2v) is 1.44. The van der Waals surface area contributed by atoms with Gasteiger partial charge in [-0.1, -0.05) is 0 Å². The zero-order valence-electron chi connectivity index (χ0n) is 9.68. The van der Waals surface area contributed by atoms with E-state index in [1.807, 2.05) is 0 Å². The Morgan fingerprint density at radius 3 is 2.89 bits per heavy atom. The number of hydrogen-bond donors (Lipinski definition) is 1. The van der Waals surface area contributed by atoms with E-state index in [-0.39, 0.29) is 12.4 Å². The molecule has 0 aliphatic carbocycles. The summed E-state index contributed by atoms with van der Waals surface area (Å²) < 4.78 is 35.8. The molecule has 48 valence electrons. The van der Waals surface area contributed by atoms with Crippen molar-refractivity contribution in [3.8, 4) is 0 Å². The van der Waals surface area contributed by atoms with Gasteiger partial charge in [-0.2, -0.15) is 0 Å². The van der Waals surface area contributed by atoms with Crippen LogP contribution in [0.4, 0.5) is 0 Å². The van der Waals surface area contributed by atoms with Crippen molar-refractivity contribution >= 4 is 0 Å². The predicted molar refractivity (Wildman–Crippen MR) is 34.7 cm³/mol. The highest BCUT2D eigenvalue weighted by molar-refractivity contribution is 5.01. The standard InChI is InChI=1S/C6H9N3/c1-5-3-8-6(2-7)9-4-5/h3-4H,2,7H2,1H3/i1D3,3D,4D. The Labute approximate surface area is 61.0 Å². The molecule has 0 atom stereocenters. The molecule has 1 aromatic heterocycles. The third-order valence-corrected chi connectivity index (χ3v) is 0.776. The Hall–Kier alpha value is -0.960. The second kappa shape index (κ2) is 2.55. The summed E-state index contributed by atoms with van der Waals surface area (Å²) in [6, 6.07) is 0. The van der Waals surface area contributed by atoms with Crippen LogP contribution in [-0.4, -0.2) is 9.97 Å². The molecule has 1 heterocycles. The fraction of sp³-hybridized carbons (Fsp3) is 0.333. The van der Waals surface area contributed by atoms with Crippen molar-refractivity contribution in [2.24, 2.45) is 5.73 Å². The van der Waals surface area contributed by atoms with E-state index in [0.29, 0.717) is 0 Å². The molecule has 0 aliphatic heterocycles. The van der Waals surface area contributed by atoms with Gasteiger partial charge in [-0.25, -0.2) is 9.97 Å². The van der Waals surface area contributed by atoms with Gasteiger partial charge in [-0.15, -0.1) is 0 Å². The molecule has 0 fully saturated rings. The third-order valence-electron chi connectivity index (χ3n) is 0.776. The maximum atomic E-state index is 7.32. The summed E-state index contributed by atoms with van der Waals surface area (Å²) in [5.74, 6) is 0.105. The predicted octanol–water partition coefficient (Wildman–Crippen LogP) is 0.244. The molecule has 3 heteroatoms. The molecule has 3 nitrogen and oxygen atoms in total. The Morgan fingerprint density at radius 2 is 2.44 bits per heavy atom. The lowest BCUT2D eigenvalue weighted by Gasteiger charge is -1.92. The number of nitrogens with zero attached hydrogens (tertiary/aromatic N) is 2. The number of nitrogens with two attached hydrogens (primary N) is 1. The van der Waals surface area contributed by atoms with Crippen LogP contribution < -0.4 is 5.73 Å². The lowest BCUT2D eigenvalue weighted by molar-refractivity contribution is 0.901. The van der Waals surface area contributed by atoms with E-state index in [0.717, 1.165) is 0 Å².